The van der Waals surface area contributed by atoms with Crippen molar-refractivity contribution in [1.29, 1.82) is 0 Å². The van der Waals surface area contributed by atoms with Crippen molar-refractivity contribution in [2.75, 3.05) is 0 Å². The Hall–Kier alpha value is -1.05. The van der Waals surface area contributed by atoms with Gasteiger partial charge in [-0.05, 0) is 6.42 Å². The smallest absolute Gasteiger partial charge is 0.0253 e. The van der Waals surface area contributed by atoms with Crippen molar-refractivity contribution in [3.05, 3.63) is 102 Å². The molecule has 0 aromatic heterocycles. The van der Waals surface area contributed by atoms with Crippen LogP contribution in [0.4, 0.5) is 0 Å². The van der Waals surface area contributed by atoms with E-state index in [0.717, 1.165) is 15.9 Å². The van der Waals surface area contributed by atoms with Crippen LogP contribution in [0.3, 0.4) is 0 Å². The molecule has 0 bridgehead atoms. The number of halogens is 2. The molecule has 5 rings (SSSR count). The molecular formula is C25H24Cl2SiZr. The second-order valence-electron chi connectivity index (χ2n) is 6.63. The third-order valence-electron chi connectivity index (χ3n) is 4.38. The van der Waals surface area contributed by atoms with Crippen molar-refractivity contribution in [2.24, 2.45) is 0 Å². The molecule has 4 aromatic rings. The van der Waals surface area contributed by atoms with Crippen molar-refractivity contribution in [3.8, 4) is 11.1 Å². The molecule has 1 aliphatic rings. The fourth-order valence-electron chi connectivity index (χ4n) is 3.30. The van der Waals surface area contributed by atoms with E-state index in [1.165, 1.54) is 38.6 Å². The number of rotatable bonds is 0. The molecule has 4 heteroatoms. The SMILES string of the molecule is C[Si]C.Cc1cc2ccccc2[cH-]1.[Cl][Zr+2][Cl].[c-]1cccc2c1Cc1ccccc1-2. The van der Waals surface area contributed by atoms with Crippen LogP contribution in [0.15, 0.2) is 78.9 Å². The Bertz CT molecular complexity index is 932. The van der Waals surface area contributed by atoms with Crippen LogP contribution in [-0.2, 0) is 27.3 Å². The Morgan fingerprint density at radius 1 is 0.931 bits per heavy atom. The minimum Gasteiger partial charge on any atom is -0.179 e. The molecule has 0 spiro atoms. The van der Waals surface area contributed by atoms with E-state index in [1.807, 2.05) is 6.07 Å². The summed E-state index contributed by atoms with van der Waals surface area (Å²) in [4.78, 5) is 0. The molecule has 0 atom stereocenters. The summed E-state index contributed by atoms with van der Waals surface area (Å²) in [6.45, 7) is 6.43. The van der Waals surface area contributed by atoms with Gasteiger partial charge in [0.2, 0.25) is 0 Å². The molecule has 0 unspecified atom stereocenters. The Labute approximate surface area is 196 Å². The van der Waals surface area contributed by atoms with E-state index in [-0.39, 0.29) is 0 Å². The summed E-state index contributed by atoms with van der Waals surface area (Å²) in [5.41, 5.74) is 6.86. The summed E-state index contributed by atoms with van der Waals surface area (Å²) in [5, 5.41) is 2.69. The molecule has 0 N–H and O–H groups in total. The molecule has 1 aliphatic carbocycles. The zero-order chi connectivity index (χ0) is 21.1. The molecule has 0 saturated carbocycles. The van der Waals surface area contributed by atoms with E-state index in [9.17, 15) is 0 Å². The molecule has 29 heavy (non-hydrogen) atoms. The molecule has 0 fully saturated rings. The normalized spacial score (nSPS) is 10.1. The third kappa shape index (κ3) is 7.30. The van der Waals surface area contributed by atoms with E-state index in [2.05, 4.69) is 98.9 Å². The maximum Gasteiger partial charge on any atom is -0.0253 e. The topological polar surface area (TPSA) is 0 Å². The second-order valence-corrected chi connectivity index (χ2v) is 11.4. The molecule has 0 nitrogen and oxygen atoms in total. The molecule has 4 aromatic carbocycles. The van der Waals surface area contributed by atoms with Crippen LogP contribution in [0.25, 0.3) is 21.9 Å². The number of aryl methyl sites for hydroxylation is 1. The largest absolute Gasteiger partial charge is 0.179 e. The van der Waals surface area contributed by atoms with E-state index in [0.29, 0.717) is 0 Å². The molecule has 0 aliphatic heterocycles. The van der Waals surface area contributed by atoms with Crippen molar-refractivity contribution in [2.45, 2.75) is 26.4 Å². The van der Waals surface area contributed by atoms with Gasteiger partial charge >= 0.3 is 37.9 Å². The van der Waals surface area contributed by atoms with Crippen LogP contribution in [-0.4, -0.2) is 9.52 Å². The Balaban J connectivity index is 0.000000167. The Kier molecular flexibility index (Phi) is 11.1. The first kappa shape index (κ1) is 24.2. The van der Waals surface area contributed by atoms with Gasteiger partial charge in [0.15, 0.2) is 0 Å². The Morgan fingerprint density at radius 2 is 1.55 bits per heavy atom. The number of hydrogen-bond acceptors (Lipinski definition) is 0. The molecule has 2 radical (unpaired) electrons. The fourth-order valence-corrected chi connectivity index (χ4v) is 3.30. The van der Waals surface area contributed by atoms with Gasteiger partial charge in [-0.2, -0.15) is 35.9 Å². The summed E-state index contributed by atoms with van der Waals surface area (Å²) in [6, 6.07) is 30.9. The van der Waals surface area contributed by atoms with Crippen molar-refractivity contribution >= 4 is 37.3 Å². The van der Waals surface area contributed by atoms with E-state index in [1.54, 1.807) is 0 Å². The number of benzene rings is 3. The molecule has 0 saturated heterocycles. The number of fused-ring (bicyclic) bond motifs is 4. The van der Waals surface area contributed by atoms with Gasteiger partial charge in [-0.3, -0.25) is 0 Å². The summed E-state index contributed by atoms with van der Waals surface area (Å²) < 4.78 is 0. The van der Waals surface area contributed by atoms with Gasteiger partial charge in [0.25, 0.3) is 0 Å². The average molecular weight is 515 g/mol. The maximum atomic E-state index is 4.93. The first-order valence-electron chi connectivity index (χ1n) is 9.39. The van der Waals surface area contributed by atoms with E-state index >= 15 is 0 Å². The monoisotopic (exact) mass is 512 g/mol. The predicted molar refractivity (Wildman–Crippen MR) is 127 cm³/mol. The number of hydrogen-bond donors (Lipinski definition) is 0. The molecule has 146 valence electrons. The van der Waals surface area contributed by atoms with Crippen molar-refractivity contribution in [3.63, 3.8) is 0 Å². The van der Waals surface area contributed by atoms with Gasteiger partial charge in [0, 0.05) is 9.52 Å². The molecule has 0 heterocycles. The average Bonchev–Trinajstić information content (AvgIpc) is 3.29. The summed E-state index contributed by atoms with van der Waals surface area (Å²) in [6.07, 6.45) is 1.05. The van der Waals surface area contributed by atoms with Crippen LogP contribution < -0.4 is 0 Å². The quantitative estimate of drug-likeness (QED) is 0.145. The first-order valence-corrected chi connectivity index (χ1v) is 17.7. The summed E-state index contributed by atoms with van der Waals surface area (Å²) >= 11 is -0.826. The fraction of sp³-hybridized carbons (Fsp3) is 0.160. The van der Waals surface area contributed by atoms with Crippen LogP contribution in [0.5, 0.6) is 0 Å². The van der Waals surface area contributed by atoms with Crippen LogP contribution >= 0.6 is 17.0 Å². The zero-order valence-corrected chi connectivity index (χ0v) is 21.9. The Morgan fingerprint density at radius 3 is 2.28 bits per heavy atom. The third-order valence-corrected chi connectivity index (χ3v) is 4.38. The van der Waals surface area contributed by atoms with Gasteiger partial charge in [-0.15, -0.1) is 46.2 Å². The van der Waals surface area contributed by atoms with Gasteiger partial charge < -0.3 is 0 Å². The minimum absolute atomic E-state index is 0.826. The van der Waals surface area contributed by atoms with Crippen LogP contribution in [0.1, 0.15) is 16.7 Å². The van der Waals surface area contributed by atoms with Gasteiger partial charge in [-0.25, -0.2) is 0 Å². The molecule has 0 amide bonds. The van der Waals surface area contributed by atoms with Crippen LogP contribution in [0, 0.1) is 13.0 Å². The van der Waals surface area contributed by atoms with Crippen LogP contribution in [0.2, 0.25) is 13.1 Å². The summed E-state index contributed by atoms with van der Waals surface area (Å²) in [7, 11) is 11.0. The van der Waals surface area contributed by atoms with E-state index < -0.39 is 20.8 Å². The zero-order valence-electron chi connectivity index (χ0n) is 17.0. The van der Waals surface area contributed by atoms with Crippen molar-refractivity contribution < 1.29 is 20.8 Å². The predicted octanol–water partition coefficient (Wildman–Crippen LogP) is 8.09. The minimum atomic E-state index is -0.826. The summed E-state index contributed by atoms with van der Waals surface area (Å²) in [5.74, 6) is 0. The van der Waals surface area contributed by atoms with E-state index in [4.69, 9.17) is 17.0 Å². The first-order chi connectivity index (χ1) is 14.1. The maximum absolute atomic E-state index is 4.93. The second kappa shape index (κ2) is 13.3. The van der Waals surface area contributed by atoms with Gasteiger partial charge in [-0.1, -0.05) is 61.5 Å². The van der Waals surface area contributed by atoms with Gasteiger partial charge in [0.05, 0.1) is 0 Å². The standard InChI is InChI=1S/C13H9.C10H9.C2H6Si.2ClH.Zr/c1-3-7-12-10(5-1)9-11-6-2-4-8-13(11)12;1-8-6-9-4-2-3-5-10(9)7-8;1-3-2;;;/h1-5,7-8H,9H2;2-7H,1H3;1-2H3;2*1H;/q2*-1;;;;+4/p-2. The van der Waals surface area contributed by atoms with Gasteiger partial charge in [0.1, 0.15) is 0 Å². The van der Waals surface area contributed by atoms with Crippen molar-refractivity contribution in [1.82, 2.24) is 0 Å². The molecular weight excluding hydrogens is 490 g/mol.